The van der Waals surface area contributed by atoms with Gasteiger partial charge in [0.05, 0.1) is 17.6 Å². The molecule has 0 bridgehead atoms. The molecule has 0 spiro atoms. The molecule has 0 saturated carbocycles. The lowest BCUT2D eigenvalue weighted by Crippen LogP contribution is -2.04. The maximum Gasteiger partial charge on any atom is 0.338 e. The number of carbonyl (C=O) groups is 1. The summed E-state index contributed by atoms with van der Waals surface area (Å²) in [6.07, 6.45) is 1.34. The molecule has 0 aromatic heterocycles. The molecular weight excluding hydrogens is 210 g/mol. The third kappa shape index (κ3) is 2.66. The van der Waals surface area contributed by atoms with Crippen LogP contribution in [0.5, 0.6) is 0 Å². The third-order valence-corrected chi connectivity index (χ3v) is 2.02. The number of carbonyl (C=O) groups excluding carboxylic acids is 1. The number of nitro groups is 1. The zero-order valence-corrected chi connectivity index (χ0v) is 8.97. The van der Waals surface area contributed by atoms with Gasteiger partial charge in [-0.05, 0) is 11.6 Å². The van der Waals surface area contributed by atoms with E-state index in [0.29, 0.717) is 11.1 Å². The molecular formula is C11H11NO4. The van der Waals surface area contributed by atoms with Crippen molar-refractivity contribution in [2.24, 2.45) is 0 Å². The van der Waals surface area contributed by atoms with Gasteiger partial charge in [-0.15, -0.1) is 0 Å². The topological polar surface area (TPSA) is 69.4 Å². The summed E-state index contributed by atoms with van der Waals surface area (Å²) < 4.78 is 4.58. The van der Waals surface area contributed by atoms with Crippen LogP contribution in [-0.2, 0) is 4.74 Å². The number of hydrogen-bond donors (Lipinski definition) is 0. The van der Waals surface area contributed by atoms with Crippen LogP contribution in [0.25, 0.3) is 6.08 Å². The van der Waals surface area contributed by atoms with Crippen molar-refractivity contribution in [1.82, 2.24) is 0 Å². The predicted molar refractivity (Wildman–Crippen MR) is 58.4 cm³/mol. The zero-order chi connectivity index (χ0) is 12.1. The Morgan fingerprint density at radius 3 is 2.62 bits per heavy atom. The molecule has 0 unspecified atom stereocenters. The summed E-state index contributed by atoms with van der Waals surface area (Å²) in [6.45, 7) is 1.37. The first-order valence-corrected chi connectivity index (χ1v) is 4.56. The van der Waals surface area contributed by atoms with E-state index < -0.39 is 10.9 Å². The minimum Gasteiger partial charge on any atom is -0.465 e. The monoisotopic (exact) mass is 221 g/mol. The second kappa shape index (κ2) is 5.06. The van der Waals surface area contributed by atoms with Gasteiger partial charge < -0.3 is 4.74 Å². The summed E-state index contributed by atoms with van der Waals surface area (Å²) in [5, 5.41) is 10.5. The maximum absolute atomic E-state index is 11.4. The van der Waals surface area contributed by atoms with Gasteiger partial charge in [0, 0.05) is 13.0 Å². The highest BCUT2D eigenvalue weighted by Crippen LogP contribution is 2.14. The highest BCUT2D eigenvalue weighted by molar-refractivity contribution is 5.93. The van der Waals surface area contributed by atoms with E-state index >= 15 is 0 Å². The Kier molecular flexibility index (Phi) is 3.77. The number of benzene rings is 1. The summed E-state index contributed by atoms with van der Waals surface area (Å²) in [4.78, 5) is 21.3. The van der Waals surface area contributed by atoms with Crippen LogP contribution in [-0.4, -0.2) is 18.0 Å². The Morgan fingerprint density at radius 1 is 1.44 bits per heavy atom. The first kappa shape index (κ1) is 11.9. The Bertz CT molecular complexity index is 451. The van der Waals surface area contributed by atoms with Gasteiger partial charge in [0.1, 0.15) is 0 Å². The van der Waals surface area contributed by atoms with Gasteiger partial charge in [0.2, 0.25) is 5.70 Å². The number of methoxy groups -OCH3 is 1. The molecule has 0 aliphatic carbocycles. The molecule has 5 heteroatoms. The molecule has 1 aromatic rings. The predicted octanol–water partition coefficient (Wildman–Crippen LogP) is 2.11. The molecule has 0 saturated heterocycles. The van der Waals surface area contributed by atoms with Crippen molar-refractivity contribution in [3.8, 4) is 0 Å². The number of rotatable bonds is 3. The summed E-state index contributed by atoms with van der Waals surface area (Å²) in [6, 6.07) is 6.56. The maximum atomic E-state index is 11.4. The SMILES string of the molecule is COC(=O)c1ccccc1/C=C(\C)[N+](=O)[O-]. The van der Waals surface area contributed by atoms with Crippen molar-refractivity contribution in [2.45, 2.75) is 6.92 Å². The number of esters is 1. The van der Waals surface area contributed by atoms with Gasteiger partial charge in [-0.3, -0.25) is 10.1 Å². The quantitative estimate of drug-likeness (QED) is 0.445. The molecule has 0 amide bonds. The van der Waals surface area contributed by atoms with E-state index in [-0.39, 0.29) is 5.70 Å². The lowest BCUT2D eigenvalue weighted by atomic mass is 10.1. The van der Waals surface area contributed by atoms with E-state index in [1.54, 1.807) is 24.3 Å². The van der Waals surface area contributed by atoms with Crippen LogP contribution in [0.15, 0.2) is 30.0 Å². The number of allylic oxidation sites excluding steroid dienone is 1. The van der Waals surface area contributed by atoms with Crippen LogP contribution < -0.4 is 0 Å². The van der Waals surface area contributed by atoms with E-state index in [0.717, 1.165) is 0 Å². The van der Waals surface area contributed by atoms with E-state index in [1.807, 2.05) is 0 Å². The lowest BCUT2D eigenvalue weighted by Gasteiger charge is -2.02. The van der Waals surface area contributed by atoms with Crippen LogP contribution in [0.3, 0.4) is 0 Å². The lowest BCUT2D eigenvalue weighted by molar-refractivity contribution is -0.422. The van der Waals surface area contributed by atoms with Crippen molar-refractivity contribution in [1.29, 1.82) is 0 Å². The normalized spacial score (nSPS) is 11.0. The second-order valence-electron chi connectivity index (χ2n) is 3.12. The summed E-state index contributed by atoms with van der Waals surface area (Å²) in [5.74, 6) is -0.511. The Morgan fingerprint density at radius 2 is 2.06 bits per heavy atom. The van der Waals surface area contributed by atoms with Crippen LogP contribution >= 0.6 is 0 Å². The molecule has 1 rings (SSSR count). The fraction of sp³-hybridized carbons (Fsp3) is 0.182. The van der Waals surface area contributed by atoms with Gasteiger partial charge in [0.25, 0.3) is 0 Å². The highest BCUT2D eigenvalue weighted by Gasteiger charge is 2.11. The molecule has 0 radical (unpaired) electrons. The van der Waals surface area contributed by atoms with Crippen LogP contribution in [0.4, 0.5) is 0 Å². The van der Waals surface area contributed by atoms with E-state index in [1.165, 1.54) is 20.1 Å². The standard InChI is InChI=1S/C11H11NO4/c1-8(12(14)15)7-9-5-3-4-6-10(9)11(13)16-2/h3-7H,1-2H3/b8-7+. The van der Waals surface area contributed by atoms with Crippen LogP contribution in [0, 0.1) is 10.1 Å². The molecule has 0 atom stereocenters. The smallest absolute Gasteiger partial charge is 0.338 e. The molecule has 0 aliphatic rings. The summed E-state index contributed by atoms with van der Waals surface area (Å²) in [7, 11) is 1.27. The van der Waals surface area contributed by atoms with Crippen molar-refractivity contribution < 1.29 is 14.5 Å². The Labute approximate surface area is 92.5 Å². The third-order valence-electron chi connectivity index (χ3n) is 2.02. The van der Waals surface area contributed by atoms with E-state index in [2.05, 4.69) is 4.74 Å². The first-order chi connectivity index (χ1) is 7.56. The number of nitrogens with zero attached hydrogens (tertiary/aromatic N) is 1. The molecule has 5 nitrogen and oxygen atoms in total. The highest BCUT2D eigenvalue weighted by atomic mass is 16.6. The summed E-state index contributed by atoms with van der Waals surface area (Å²) in [5.41, 5.74) is 0.756. The number of hydrogen-bond acceptors (Lipinski definition) is 4. The second-order valence-corrected chi connectivity index (χ2v) is 3.12. The van der Waals surface area contributed by atoms with E-state index in [9.17, 15) is 14.9 Å². The van der Waals surface area contributed by atoms with Gasteiger partial charge >= 0.3 is 5.97 Å². The molecule has 0 fully saturated rings. The molecule has 1 aromatic carbocycles. The van der Waals surface area contributed by atoms with Crippen molar-refractivity contribution >= 4 is 12.0 Å². The molecule has 16 heavy (non-hydrogen) atoms. The average Bonchev–Trinajstić information content (AvgIpc) is 2.28. The van der Waals surface area contributed by atoms with Crippen molar-refractivity contribution in [3.63, 3.8) is 0 Å². The average molecular weight is 221 g/mol. The van der Waals surface area contributed by atoms with Crippen molar-refractivity contribution in [2.75, 3.05) is 7.11 Å². The van der Waals surface area contributed by atoms with E-state index in [4.69, 9.17) is 0 Å². The van der Waals surface area contributed by atoms with Gasteiger partial charge in [-0.1, -0.05) is 18.2 Å². The minimum absolute atomic E-state index is 0.0312. The Balaban J connectivity index is 3.19. The van der Waals surface area contributed by atoms with Crippen molar-refractivity contribution in [3.05, 3.63) is 51.2 Å². The van der Waals surface area contributed by atoms with Crippen LogP contribution in [0.1, 0.15) is 22.8 Å². The summed E-state index contributed by atoms with van der Waals surface area (Å²) >= 11 is 0. The first-order valence-electron chi connectivity index (χ1n) is 4.56. The van der Waals surface area contributed by atoms with Gasteiger partial charge in [0.15, 0.2) is 0 Å². The van der Waals surface area contributed by atoms with Gasteiger partial charge in [-0.2, -0.15) is 0 Å². The fourth-order valence-electron chi connectivity index (χ4n) is 1.20. The van der Waals surface area contributed by atoms with Gasteiger partial charge in [-0.25, -0.2) is 4.79 Å². The largest absolute Gasteiger partial charge is 0.465 e. The molecule has 0 aliphatic heterocycles. The molecule has 84 valence electrons. The minimum atomic E-state index is -0.511. The molecule has 0 N–H and O–H groups in total. The number of ether oxygens (including phenoxy) is 1. The zero-order valence-electron chi connectivity index (χ0n) is 8.97. The Hall–Kier alpha value is -2.17. The molecule has 0 heterocycles. The van der Waals surface area contributed by atoms with Crippen LogP contribution in [0.2, 0.25) is 0 Å². The fourth-order valence-corrected chi connectivity index (χ4v) is 1.20.